The van der Waals surface area contributed by atoms with Gasteiger partial charge >= 0.3 is 11.5 Å². The summed E-state index contributed by atoms with van der Waals surface area (Å²) in [7, 11) is -0.106. The van der Waals surface area contributed by atoms with Gasteiger partial charge in [0.1, 0.15) is 5.69 Å². The highest BCUT2D eigenvalue weighted by atomic mass is 79.9. The number of carbonyl (C=O) groups is 1. The van der Waals surface area contributed by atoms with E-state index in [1.165, 1.54) is 0 Å². The van der Waals surface area contributed by atoms with Crippen molar-refractivity contribution in [3.8, 4) is 0 Å². The van der Waals surface area contributed by atoms with E-state index in [4.69, 9.17) is 18.1 Å². The van der Waals surface area contributed by atoms with Crippen LogP contribution in [0, 0.1) is 0 Å². The molecule has 0 aliphatic heterocycles. The molecule has 22 heavy (non-hydrogen) atoms. The third-order valence-corrected chi connectivity index (χ3v) is 3.50. The van der Waals surface area contributed by atoms with Crippen molar-refractivity contribution in [2.75, 3.05) is 21.1 Å². The molecule has 1 aromatic rings. The molecule has 0 fully saturated rings. The van der Waals surface area contributed by atoms with Gasteiger partial charge in [-0.05, 0) is 22.0 Å². The Morgan fingerprint density at radius 3 is 1.95 bits per heavy atom. The van der Waals surface area contributed by atoms with Crippen molar-refractivity contribution in [1.82, 2.24) is 4.48 Å². The normalized spacial score (nSPS) is 12.4. The lowest BCUT2D eigenvalue weighted by molar-refractivity contribution is -0.0517. The first-order chi connectivity index (χ1) is 9.57. The topological polar surface area (TPSA) is 94.5 Å². The molecular weight excluding hydrogens is 395 g/mol. The number of halogens is 4. The third kappa shape index (κ3) is 6.30. The van der Waals surface area contributed by atoms with Crippen molar-refractivity contribution in [2.45, 2.75) is 5.51 Å². The van der Waals surface area contributed by atoms with E-state index in [2.05, 4.69) is 15.9 Å². The van der Waals surface area contributed by atoms with Crippen LogP contribution in [0.25, 0.3) is 0 Å². The van der Waals surface area contributed by atoms with Crippen LogP contribution < -0.4 is 4.48 Å². The first-order valence-corrected chi connectivity index (χ1v) is 7.64. The van der Waals surface area contributed by atoms with Gasteiger partial charge in [-0.1, -0.05) is 0 Å². The SMILES string of the molecule is C[N+](C)(C)c1ccc(Br)c(C(=O)O)c1.O=S(=O)([O-])C(F)(F)F. The molecule has 0 unspecified atom stereocenters. The average Bonchev–Trinajstić information content (AvgIpc) is 2.25. The first kappa shape index (κ1) is 20.8. The van der Waals surface area contributed by atoms with E-state index in [1.54, 1.807) is 12.1 Å². The quantitative estimate of drug-likeness (QED) is 0.461. The van der Waals surface area contributed by atoms with Crippen LogP contribution in [0.15, 0.2) is 22.7 Å². The van der Waals surface area contributed by atoms with Gasteiger partial charge in [-0.2, -0.15) is 13.2 Å². The standard InChI is InChI=1S/C10H12BrNO2.CHF3O3S/c1-12(2,3)7-4-5-9(11)8(6-7)10(13)14;2-1(3,4)8(5,6)7/h4-6H,1-3H3;(H,5,6,7). The molecule has 0 spiro atoms. The maximum Gasteiger partial charge on any atom is 0.485 e. The van der Waals surface area contributed by atoms with Crippen molar-refractivity contribution < 1.29 is 36.0 Å². The van der Waals surface area contributed by atoms with Crippen molar-refractivity contribution >= 4 is 37.7 Å². The lowest BCUT2D eigenvalue weighted by Crippen LogP contribution is -2.34. The summed E-state index contributed by atoms with van der Waals surface area (Å²) in [5, 5.41) is 8.92. The Kier molecular flexibility index (Phi) is 6.57. The molecule has 0 aliphatic carbocycles. The third-order valence-electron chi connectivity index (χ3n) is 2.24. The molecule has 0 saturated carbocycles. The Morgan fingerprint density at radius 2 is 1.68 bits per heavy atom. The van der Waals surface area contributed by atoms with Crippen LogP contribution in [0.2, 0.25) is 0 Å². The van der Waals surface area contributed by atoms with Crippen LogP contribution >= 0.6 is 15.9 Å². The second kappa shape index (κ2) is 6.94. The zero-order valence-corrected chi connectivity index (χ0v) is 14.1. The van der Waals surface area contributed by atoms with Gasteiger partial charge in [-0.25, -0.2) is 13.2 Å². The lowest BCUT2D eigenvalue weighted by atomic mass is 10.2. The highest BCUT2D eigenvalue weighted by Gasteiger charge is 2.36. The summed E-state index contributed by atoms with van der Waals surface area (Å²) in [5.41, 5.74) is -4.38. The van der Waals surface area contributed by atoms with Crippen LogP contribution in [0.1, 0.15) is 10.4 Å². The summed E-state index contributed by atoms with van der Waals surface area (Å²) in [6, 6.07) is 5.37. The van der Waals surface area contributed by atoms with E-state index < -0.39 is 21.6 Å². The molecule has 1 aromatic carbocycles. The molecule has 0 aromatic heterocycles. The van der Waals surface area contributed by atoms with Crippen molar-refractivity contribution in [3.63, 3.8) is 0 Å². The van der Waals surface area contributed by atoms with Gasteiger partial charge in [0.25, 0.3) is 0 Å². The van der Waals surface area contributed by atoms with Crippen LogP contribution in [0.4, 0.5) is 18.9 Å². The highest BCUT2D eigenvalue weighted by molar-refractivity contribution is 9.10. The molecule has 0 bridgehead atoms. The summed E-state index contributed by atoms with van der Waals surface area (Å²) in [6.07, 6.45) is 0. The molecule has 0 aliphatic rings. The number of alkyl halides is 3. The fourth-order valence-corrected chi connectivity index (χ4v) is 1.51. The second-order valence-corrected chi connectivity index (χ2v) is 7.11. The van der Waals surface area contributed by atoms with E-state index in [0.717, 1.165) is 5.69 Å². The molecule has 1 rings (SSSR count). The Balaban J connectivity index is 0.000000472. The number of benzene rings is 1. The summed E-state index contributed by atoms with van der Waals surface area (Å²) in [6.45, 7) is 0. The number of hydrogen-bond acceptors (Lipinski definition) is 4. The maximum atomic E-state index is 10.9. The molecule has 0 amide bonds. The van der Waals surface area contributed by atoms with Gasteiger partial charge in [0, 0.05) is 16.6 Å². The molecule has 0 heterocycles. The number of hydrogen-bond donors (Lipinski definition) is 1. The van der Waals surface area contributed by atoms with Crippen LogP contribution in [-0.4, -0.2) is 50.7 Å². The largest absolute Gasteiger partial charge is 0.741 e. The van der Waals surface area contributed by atoms with Crippen molar-refractivity contribution in [2.24, 2.45) is 0 Å². The molecule has 0 radical (unpaired) electrons. The first-order valence-electron chi connectivity index (χ1n) is 5.44. The fourth-order valence-electron chi connectivity index (χ4n) is 1.09. The summed E-state index contributed by atoms with van der Waals surface area (Å²) < 4.78 is 60.1. The summed E-state index contributed by atoms with van der Waals surface area (Å²) in [5.74, 6) is -0.910. The number of quaternary nitrogens is 1. The predicted octanol–water partition coefficient (Wildman–Crippen LogP) is 2.40. The van der Waals surface area contributed by atoms with Gasteiger partial charge in [-0.3, -0.25) is 4.48 Å². The van der Waals surface area contributed by atoms with Gasteiger partial charge in [0.2, 0.25) is 0 Å². The Hall–Kier alpha value is -1.17. The molecule has 11 heteroatoms. The minimum atomic E-state index is -6.09. The minimum absolute atomic E-state index is 0.301. The highest BCUT2D eigenvalue weighted by Crippen LogP contribution is 2.25. The number of aromatic carboxylic acids is 1. The van der Waals surface area contributed by atoms with Gasteiger partial charge in [0.15, 0.2) is 10.1 Å². The molecule has 0 saturated heterocycles. The monoisotopic (exact) mass is 407 g/mol. The van der Waals surface area contributed by atoms with Crippen LogP contribution in [0.5, 0.6) is 0 Å². The minimum Gasteiger partial charge on any atom is -0.741 e. The molecular formula is C11H13BrF3NO5S. The van der Waals surface area contributed by atoms with Gasteiger partial charge in [-0.15, -0.1) is 0 Å². The predicted molar refractivity (Wildman–Crippen MR) is 76.4 cm³/mol. The van der Waals surface area contributed by atoms with Crippen molar-refractivity contribution in [1.29, 1.82) is 0 Å². The van der Waals surface area contributed by atoms with Gasteiger partial charge < -0.3 is 9.66 Å². The second-order valence-electron chi connectivity index (χ2n) is 4.88. The Bertz CT molecular complexity index is 653. The van der Waals surface area contributed by atoms with E-state index in [0.29, 0.717) is 14.5 Å². The zero-order valence-electron chi connectivity index (χ0n) is 11.7. The van der Waals surface area contributed by atoms with Crippen molar-refractivity contribution in [3.05, 3.63) is 28.2 Å². The molecule has 0 atom stereocenters. The number of nitrogens with zero attached hydrogens (tertiary/aromatic N) is 1. The van der Waals surface area contributed by atoms with E-state index in [9.17, 15) is 18.0 Å². The molecule has 6 nitrogen and oxygen atoms in total. The zero-order chi connectivity index (χ0) is 17.9. The number of carboxylic acids is 1. The maximum absolute atomic E-state index is 10.9. The fraction of sp³-hybridized carbons (Fsp3) is 0.364. The number of carboxylic acid groups (broad SMARTS) is 1. The smallest absolute Gasteiger partial charge is 0.485 e. The molecule has 1 N–H and O–H groups in total. The van der Waals surface area contributed by atoms with E-state index in [-0.39, 0.29) is 0 Å². The Labute approximate surface area is 133 Å². The summed E-state index contributed by atoms with van der Waals surface area (Å²) >= 11 is 3.21. The average molecular weight is 408 g/mol. The van der Waals surface area contributed by atoms with Gasteiger partial charge in [0.05, 0.1) is 26.7 Å². The van der Waals surface area contributed by atoms with Crippen LogP contribution in [0.3, 0.4) is 0 Å². The molecule has 126 valence electrons. The number of rotatable bonds is 2. The van der Waals surface area contributed by atoms with E-state index in [1.807, 2.05) is 27.2 Å². The lowest BCUT2D eigenvalue weighted by Gasteiger charge is -2.23. The Morgan fingerprint density at radius 1 is 1.27 bits per heavy atom. The van der Waals surface area contributed by atoms with E-state index >= 15 is 0 Å². The summed E-state index contributed by atoms with van der Waals surface area (Å²) in [4.78, 5) is 10.9. The van der Waals surface area contributed by atoms with Crippen LogP contribution in [-0.2, 0) is 10.1 Å².